The molecule has 5 nitrogen and oxygen atoms in total. The average molecular weight is 327 g/mol. The van der Waals surface area contributed by atoms with E-state index in [-0.39, 0.29) is 11.5 Å². The quantitative estimate of drug-likeness (QED) is 0.910. The van der Waals surface area contributed by atoms with Crippen molar-refractivity contribution in [2.24, 2.45) is 0 Å². The molecule has 3 N–H and O–H groups in total. The van der Waals surface area contributed by atoms with E-state index >= 15 is 0 Å². The number of nitrogens with one attached hydrogen (secondary N) is 1. The summed E-state index contributed by atoms with van der Waals surface area (Å²) in [6, 6.07) is 3.99. The molecule has 100 valence electrons. The summed E-state index contributed by atoms with van der Waals surface area (Å²) in [5.74, 6) is -0.823. The molecular formula is C12H12BrFN4O. The molecule has 1 aromatic heterocycles. The van der Waals surface area contributed by atoms with Gasteiger partial charge in [0.15, 0.2) is 5.69 Å². The maximum absolute atomic E-state index is 12.9. The fourth-order valence-corrected chi connectivity index (χ4v) is 2.00. The molecule has 0 aliphatic rings. The van der Waals surface area contributed by atoms with E-state index in [9.17, 15) is 9.18 Å². The number of hydrogen-bond donors (Lipinski definition) is 2. The predicted octanol–water partition coefficient (Wildman–Crippen LogP) is 2.64. The normalized spacial score (nSPS) is 10.5. The van der Waals surface area contributed by atoms with Crippen LogP contribution in [-0.4, -0.2) is 15.7 Å². The molecule has 1 amide bonds. The van der Waals surface area contributed by atoms with Gasteiger partial charge in [0, 0.05) is 17.2 Å². The van der Waals surface area contributed by atoms with Crippen molar-refractivity contribution in [3.8, 4) is 0 Å². The number of carbonyl (C=O) groups excluding carboxylic acids is 1. The Labute approximate surface area is 117 Å². The van der Waals surface area contributed by atoms with Gasteiger partial charge in [-0.3, -0.25) is 9.48 Å². The molecule has 0 saturated carbocycles. The van der Waals surface area contributed by atoms with Crippen molar-refractivity contribution in [1.29, 1.82) is 0 Å². The molecule has 0 saturated heterocycles. The van der Waals surface area contributed by atoms with Crippen molar-refractivity contribution in [2.45, 2.75) is 13.5 Å². The molecule has 0 aliphatic heterocycles. The molecule has 0 radical (unpaired) electrons. The average Bonchev–Trinajstić information content (AvgIpc) is 2.74. The fraction of sp³-hybridized carbons (Fsp3) is 0.167. The number of amides is 1. The number of halogens is 2. The number of aromatic nitrogens is 2. The Kier molecular flexibility index (Phi) is 3.84. The second-order valence-electron chi connectivity index (χ2n) is 3.87. The van der Waals surface area contributed by atoms with Crippen LogP contribution in [0.3, 0.4) is 0 Å². The molecule has 0 fully saturated rings. The van der Waals surface area contributed by atoms with Crippen LogP contribution in [0.1, 0.15) is 17.4 Å². The van der Waals surface area contributed by atoms with Gasteiger partial charge in [-0.05, 0) is 41.1 Å². The second kappa shape index (κ2) is 5.40. The van der Waals surface area contributed by atoms with Crippen molar-refractivity contribution in [3.05, 3.63) is 40.4 Å². The van der Waals surface area contributed by atoms with E-state index in [4.69, 9.17) is 5.73 Å². The van der Waals surface area contributed by atoms with Crippen molar-refractivity contribution in [2.75, 3.05) is 11.1 Å². The lowest BCUT2D eigenvalue weighted by atomic mass is 10.3. The standard InChI is InChI=1S/C12H12BrFN4O/c1-2-18-6-9(15)11(17-18)12(19)16-10-4-3-7(14)5-8(10)13/h3-6H,2,15H2,1H3,(H,16,19). The summed E-state index contributed by atoms with van der Waals surface area (Å²) in [7, 11) is 0. The topological polar surface area (TPSA) is 72.9 Å². The van der Waals surface area contributed by atoms with E-state index in [0.29, 0.717) is 22.4 Å². The Morgan fingerprint density at radius 1 is 1.58 bits per heavy atom. The molecule has 7 heteroatoms. The van der Waals surface area contributed by atoms with Crippen LogP contribution in [0.25, 0.3) is 0 Å². The minimum Gasteiger partial charge on any atom is -0.396 e. The first-order valence-corrected chi connectivity index (χ1v) is 6.40. The smallest absolute Gasteiger partial charge is 0.278 e. The highest BCUT2D eigenvalue weighted by molar-refractivity contribution is 9.10. The maximum atomic E-state index is 12.9. The Morgan fingerprint density at radius 3 is 2.89 bits per heavy atom. The van der Waals surface area contributed by atoms with Gasteiger partial charge in [0.2, 0.25) is 0 Å². The molecule has 1 heterocycles. The molecule has 19 heavy (non-hydrogen) atoms. The zero-order valence-corrected chi connectivity index (χ0v) is 11.7. The first-order chi connectivity index (χ1) is 9.01. The zero-order chi connectivity index (χ0) is 14.0. The molecule has 0 unspecified atom stereocenters. The fourth-order valence-electron chi connectivity index (χ4n) is 1.55. The van der Waals surface area contributed by atoms with E-state index in [1.807, 2.05) is 6.92 Å². The molecule has 0 aliphatic carbocycles. The van der Waals surface area contributed by atoms with Crippen LogP contribution in [0.4, 0.5) is 15.8 Å². The summed E-state index contributed by atoms with van der Waals surface area (Å²) in [5, 5.41) is 6.69. The number of carbonyl (C=O) groups is 1. The van der Waals surface area contributed by atoms with Gasteiger partial charge in [-0.2, -0.15) is 5.10 Å². The predicted molar refractivity (Wildman–Crippen MR) is 74.4 cm³/mol. The summed E-state index contributed by atoms with van der Waals surface area (Å²) in [5.41, 5.74) is 6.63. The minimum absolute atomic E-state index is 0.151. The number of nitrogen functional groups attached to an aromatic ring is 1. The van der Waals surface area contributed by atoms with Crippen molar-refractivity contribution < 1.29 is 9.18 Å². The minimum atomic E-state index is -0.433. The molecule has 0 spiro atoms. The Balaban J connectivity index is 2.23. The lowest BCUT2D eigenvalue weighted by molar-refractivity contribution is 0.102. The van der Waals surface area contributed by atoms with Crippen LogP contribution in [0, 0.1) is 5.82 Å². The number of hydrogen-bond acceptors (Lipinski definition) is 3. The lowest BCUT2D eigenvalue weighted by Crippen LogP contribution is -2.15. The Hall–Kier alpha value is -1.89. The van der Waals surface area contributed by atoms with E-state index in [1.165, 1.54) is 18.2 Å². The highest BCUT2D eigenvalue weighted by Gasteiger charge is 2.15. The van der Waals surface area contributed by atoms with Crippen LogP contribution in [0.5, 0.6) is 0 Å². The third-order valence-electron chi connectivity index (χ3n) is 2.51. The SMILES string of the molecule is CCn1cc(N)c(C(=O)Nc2ccc(F)cc2Br)n1. The Bertz CT molecular complexity index is 626. The zero-order valence-electron chi connectivity index (χ0n) is 10.2. The van der Waals surface area contributed by atoms with Gasteiger partial charge in [0.1, 0.15) is 5.82 Å². The van der Waals surface area contributed by atoms with E-state index in [2.05, 4.69) is 26.3 Å². The van der Waals surface area contributed by atoms with E-state index < -0.39 is 5.91 Å². The van der Waals surface area contributed by atoms with E-state index in [1.54, 1.807) is 10.9 Å². The van der Waals surface area contributed by atoms with Gasteiger partial charge in [-0.25, -0.2) is 4.39 Å². The van der Waals surface area contributed by atoms with Gasteiger partial charge < -0.3 is 11.1 Å². The first-order valence-electron chi connectivity index (χ1n) is 5.60. The number of benzene rings is 1. The summed E-state index contributed by atoms with van der Waals surface area (Å²) in [6.07, 6.45) is 1.59. The molecule has 0 bridgehead atoms. The van der Waals surface area contributed by atoms with Crippen LogP contribution >= 0.6 is 15.9 Å². The van der Waals surface area contributed by atoms with Crippen molar-refractivity contribution in [1.82, 2.24) is 9.78 Å². The summed E-state index contributed by atoms with van der Waals surface area (Å²) < 4.78 is 15.0. The van der Waals surface area contributed by atoms with Crippen molar-refractivity contribution >= 4 is 33.2 Å². The summed E-state index contributed by atoms with van der Waals surface area (Å²) in [6.45, 7) is 2.52. The number of anilines is 2. The molecular weight excluding hydrogens is 315 g/mol. The first kappa shape index (κ1) is 13.5. The lowest BCUT2D eigenvalue weighted by Gasteiger charge is -2.06. The molecule has 0 atom stereocenters. The van der Waals surface area contributed by atoms with Gasteiger partial charge in [-0.15, -0.1) is 0 Å². The maximum Gasteiger partial charge on any atom is 0.278 e. The van der Waals surface area contributed by atoms with Crippen LogP contribution in [0.15, 0.2) is 28.9 Å². The van der Waals surface area contributed by atoms with Crippen LogP contribution < -0.4 is 11.1 Å². The number of aryl methyl sites for hydroxylation is 1. The summed E-state index contributed by atoms with van der Waals surface area (Å²) in [4.78, 5) is 12.0. The monoisotopic (exact) mass is 326 g/mol. The number of nitrogens with two attached hydrogens (primary N) is 1. The molecule has 2 rings (SSSR count). The summed E-state index contributed by atoms with van der Waals surface area (Å²) >= 11 is 3.17. The third-order valence-corrected chi connectivity index (χ3v) is 3.16. The largest absolute Gasteiger partial charge is 0.396 e. The van der Waals surface area contributed by atoms with Gasteiger partial charge in [0.25, 0.3) is 5.91 Å². The number of rotatable bonds is 3. The Morgan fingerprint density at radius 2 is 2.32 bits per heavy atom. The van der Waals surface area contributed by atoms with Gasteiger partial charge in [-0.1, -0.05) is 0 Å². The highest BCUT2D eigenvalue weighted by Crippen LogP contribution is 2.24. The van der Waals surface area contributed by atoms with Crippen molar-refractivity contribution in [3.63, 3.8) is 0 Å². The molecule has 1 aromatic carbocycles. The van der Waals surface area contributed by atoms with Gasteiger partial charge >= 0.3 is 0 Å². The molecule has 2 aromatic rings. The van der Waals surface area contributed by atoms with E-state index in [0.717, 1.165) is 0 Å². The van der Waals surface area contributed by atoms with Crippen LogP contribution in [0.2, 0.25) is 0 Å². The van der Waals surface area contributed by atoms with Crippen LogP contribution in [-0.2, 0) is 6.54 Å². The van der Waals surface area contributed by atoms with Gasteiger partial charge in [0.05, 0.1) is 11.4 Å². The number of nitrogens with zero attached hydrogens (tertiary/aromatic N) is 2. The second-order valence-corrected chi connectivity index (χ2v) is 4.72. The third kappa shape index (κ3) is 2.93. The highest BCUT2D eigenvalue weighted by atomic mass is 79.9.